The van der Waals surface area contributed by atoms with Crippen LogP contribution in [-0.4, -0.2) is 30.6 Å². The van der Waals surface area contributed by atoms with Gasteiger partial charge in [-0.15, -0.1) is 0 Å². The quantitative estimate of drug-likeness (QED) is 0.591. The minimum Gasteiger partial charge on any atom is -0.359 e. The molecule has 1 aromatic heterocycles. The van der Waals surface area contributed by atoms with Crippen molar-refractivity contribution >= 4 is 17.6 Å². The largest absolute Gasteiger partial charge is 0.359 e. The molecule has 1 aliphatic rings. The van der Waals surface area contributed by atoms with Crippen LogP contribution in [0.1, 0.15) is 56.0 Å². The average Bonchev–Trinajstić information content (AvgIpc) is 3.18. The molecule has 1 saturated heterocycles. The zero-order chi connectivity index (χ0) is 19.9. The van der Waals surface area contributed by atoms with E-state index >= 15 is 0 Å². The summed E-state index contributed by atoms with van der Waals surface area (Å²) in [4.78, 5) is 18.2. The fraction of sp³-hybridized carbons (Fsp3) is 0.476. The maximum absolute atomic E-state index is 12.0. The van der Waals surface area contributed by atoms with Gasteiger partial charge in [0.05, 0.1) is 12.2 Å². The van der Waals surface area contributed by atoms with Crippen molar-refractivity contribution in [2.45, 2.75) is 52.1 Å². The summed E-state index contributed by atoms with van der Waals surface area (Å²) in [5, 5.41) is 10.6. The molecule has 28 heavy (non-hydrogen) atoms. The van der Waals surface area contributed by atoms with Crippen LogP contribution in [0.4, 0.5) is 5.69 Å². The molecule has 7 heteroatoms. The number of rotatable bonds is 6. The van der Waals surface area contributed by atoms with Gasteiger partial charge in [0, 0.05) is 38.3 Å². The predicted molar refractivity (Wildman–Crippen MR) is 110 cm³/mol. The number of amides is 1. The molecule has 0 unspecified atom stereocenters. The third kappa shape index (κ3) is 5.12. The lowest BCUT2D eigenvalue weighted by Gasteiger charge is -2.26. The highest BCUT2D eigenvalue weighted by Crippen LogP contribution is 2.21. The number of nitrogens with one attached hydrogen (secondary N) is 2. The van der Waals surface area contributed by atoms with Gasteiger partial charge >= 0.3 is 0 Å². The Morgan fingerprint density at radius 1 is 1.21 bits per heavy atom. The molecule has 0 bridgehead atoms. The molecule has 2 heterocycles. The van der Waals surface area contributed by atoms with Gasteiger partial charge in [0.2, 0.25) is 5.91 Å². The molecule has 2 aromatic rings. The van der Waals surface area contributed by atoms with Crippen LogP contribution in [0, 0.1) is 0 Å². The van der Waals surface area contributed by atoms with E-state index < -0.39 is 0 Å². The monoisotopic (exact) mass is 383 g/mol. The van der Waals surface area contributed by atoms with E-state index in [4.69, 9.17) is 4.52 Å². The van der Waals surface area contributed by atoms with Crippen LogP contribution in [-0.2, 0) is 17.9 Å². The number of carbonyl (C=O) groups is 1. The Hall–Kier alpha value is -2.83. The molecule has 2 N–H and O–H groups in total. The van der Waals surface area contributed by atoms with E-state index in [0.29, 0.717) is 31.4 Å². The van der Waals surface area contributed by atoms with E-state index in [0.717, 1.165) is 42.1 Å². The molecule has 1 aliphatic heterocycles. The number of nitrogens with zero attached hydrogens (tertiary/aromatic N) is 3. The third-order valence-electron chi connectivity index (χ3n) is 4.85. The van der Waals surface area contributed by atoms with Crippen LogP contribution < -0.4 is 15.5 Å². The molecule has 1 fully saturated rings. The van der Waals surface area contributed by atoms with Crippen molar-refractivity contribution in [1.82, 2.24) is 15.8 Å². The number of anilines is 1. The number of hydrogen-bond donors (Lipinski definition) is 2. The summed E-state index contributed by atoms with van der Waals surface area (Å²) >= 11 is 0. The number of carbonyl (C=O) groups excluding carboxylic acids is 1. The average molecular weight is 383 g/mol. The summed E-state index contributed by atoms with van der Waals surface area (Å²) in [7, 11) is 1.74. The number of hydrogen-bond acceptors (Lipinski definition) is 4. The third-order valence-corrected chi connectivity index (χ3v) is 4.85. The first-order valence-electron chi connectivity index (χ1n) is 9.86. The number of aliphatic imine (C=N–C) groups is 1. The van der Waals surface area contributed by atoms with Gasteiger partial charge < -0.3 is 20.1 Å². The van der Waals surface area contributed by atoms with Gasteiger partial charge in [-0.05, 0) is 36.5 Å². The van der Waals surface area contributed by atoms with Crippen molar-refractivity contribution in [3.8, 4) is 0 Å². The number of benzene rings is 1. The molecule has 0 saturated carbocycles. The van der Waals surface area contributed by atoms with Crippen LogP contribution in [0.25, 0.3) is 0 Å². The Balaban J connectivity index is 1.49. The maximum atomic E-state index is 12.0. The van der Waals surface area contributed by atoms with Crippen LogP contribution in [0.5, 0.6) is 0 Å². The lowest BCUT2D eigenvalue weighted by atomic mass is 10.1. The van der Waals surface area contributed by atoms with Gasteiger partial charge in [-0.2, -0.15) is 0 Å². The van der Waals surface area contributed by atoms with Gasteiger partial charge in [0.25, 0.3) is 0 Å². The second kappa shape index (κ2) is 9.39. The van der Waals surface area contributed by atoms with E-state index in [2.05, 4.69) is 34.6 Å². The molecule has 1 aromatic carbocycles. The Morgan fingerprint density at radius 3 is 2.61 bits per heavy atom. The molecule has 3 rings (SSSR count). The minimum atomic E-state index is 0.217. The van der Waals surface area contributed by atoms with Crippen LogP contribution >= 0.6 is 0 Å². The fourth-order valence-electron chi connectivity index (χ4n) is 3.13. The van der Waals surface area contributed by atoms with Crippen molar-refractivity contribution in [2.24, 2.45) is 4.99 Å². The summed E-state index contributed by atoms with van der Waals surface area (Å²) in [5.41, 5.74) is 3.05. The van der Waals surface area contributed by atoms with Crippen LogP contribution in [0.3, 0.4) is 0 Å². The summed E-state index contributed by atoms with van der Waals surface area (Å²) in [6.07, 6.45) is 2.71. The lowest BCUT2D eigenvalue weighted by molar-refractivity contribution is -0.119. The lowest BCUT2D eigenvalue weighted by Crippen LogP contribution is -2.36. The molecule has 0 aliphatic carbocycles. The Kier molecular flexibility index (Phi) is 6.68. The molecule has 1 amide bonds. The summed E-state index contributed by atoms with van der Waals surface area (Å²) < 4.78 is 5.34. The van der Waals surface area contributed by atoms with Crippen molar-refractivity contribution in [3.05, 3.63) is 47.3 Å². The van der Waals surface area contributed by atoms with Crippen molar-refractivity contribution in [2.75, 3.05) is 18.5 Å². The highest BCUT2D eigenvalue weighted by atomic mass is 16.5. The van der Waals surface area contributed by atoms with E-state index in [1.54, 1.807) is 7.05 Å². The van der Waals surface area contributed by atoms with E-state index in [9.17, 15) is 4.79 Å². The molecule has 7 nitrogen and oxygen atoms in total. The normalized spacial score (nSPS) is 15.2. The summed E-state index contributed by atoms with van der Waals surface area (Å²) in [6.45, 7) is 6.15. The van der Waals surface area contributed by atoms with Gasteiger partial charge in [-0.3, -0.25) is 9.79 Å². The molecular formula is C21H29N5O2. The van der Waals surface area contributed by atoms with E-state index in [-0.39, 0.29) is 5.91 Å². The highest BCUT2D eigenvalue weighted by molar-refractivity contribution is 5.93. The molecule has 0 radical (unpaired) electrons. The van der Waals surface area contributed by atoms with Gasteiger partial charge in [-0.25, -0.2) is 0 Å². The topological polar surface area (TPSA) is 82.8 Å². The predicted octanol–water partition coefficient (Wildman–Crippen LogP) is 3.18. The first-order valence-corrected chi connectivity index (χ1v) is 9.86. The Labute approximate surface area is 166 Å². The smallest absolute Gasteiger partial charge is 0.226 e. The van der Waals surface area contributed by atoms with Crippen molar-refractivity contribution < 1.29 is 9.32 Å². The number of piperidine rings is 1. The first kappa shape index (κ1) is 19.9. The summed E-state index contributed by atoms with van der Waals surface area (Å²) in [5.74, 6) is 2.04. The molecule has 0 atom stereocenters. The Morgan fingerprint density at radius 2 is 1.96 bits per heavy atom. The first-order chi connectivity index (χ1) is 13.6. The van der Waals surface area contributed by atoms with E-state index in [1.165, 1.54) is 0 Å². The molecule has 150 valence electrons. The van der Waals surface area contributed by atoms with Crippen molar-refractivity contribution in [1.29, 1.82) is 0 Å². The molecule has 0 spiro atoms. The zero-order valence-corrected chi connectivity index (χ0v) is 16.9. The van der Waals surface area contributed by atoms with Gasteiger partial charge in [0.1, 0.15) is 0 Å². The van der Waals surface area contributed by atoms with Gasteiger partial charge in [-0.1, -0.05) is 31.1 Å². The SMILES string of the molecule is CN=C(NCc1ccc(N2CCCCC2=O)cc1)NCc1cc(C(C)C)no1. The number of guanidine groups is 1. The molecular weight excluding hydrogens is 354 g/mol. The van der Waals surface area contributed by atoms with Crippen molar-refractivity contribution in [3.63, 3.8) is 0 Å². The van der Waals surface area contributed by atoms with E-state index in [1.807, 2.05) is 35.2 Å². The van der Waals surface area contributed by atoms with Gasteiger partial charge in [0.15, 0.2) is 11.7 Å². The zero-order valence-electron chi connectivity index (χ0n) is 16.9. The fourth-order valence-corrected chi connectivity index (χ4v) is 3.13. The number of aromatic nitrogens is 1. The Bertz CT molecular complexity index is 810. The minimum absolute atomic E-state index is 0.217. The van der Waals surface area contributed by atoms with Crippen LogP contribution in [0.15, 0.2) is 39.8 Å². The van der Waals surface area contributed by atoms with Crippen LogP contribution in [0.2, 0.25) is 0 Å². The summed E-state index contributed by atoms with van der Waals surface area (Å²) in [6, 6.07) is 10.1. The highest BCUT2D eigenvalue weighted by Gasteiger charge is 2.19. The standard InChI is InChI=1S/C21H29N5O2/c1-15(2)19-12-18(28-25-19)14-24-21(22-3)23-13-16-7-9-17(10-8-16)26-11-5-4-6-20(26)27/h7-10,12,15H,4-6,11,13-14H2,1-3H3,(H2,22,23,24). The second-order valence-corrected chi connectivity index (χ2v) is 7.32. The second-order valence-electron chi connectivity index (χ2n) is 7.32. The maximum Gasteiger partial charge on any atom is 0.226 e.